The van der Waals surface area contributed by atoms with E-state index >= 15 is 0 Å². The minimum atomic E-state index is -4.42. The lowest BCUT2D eigenvalue weighted by Gasteiger charge is -2.30. The van der Waals surface area contributed by atoms with Crippen LogP contribution in [-0.2, 0) is 6.18 Å². The van der Waals surface area contributed by atoms with Crippen molar-refractivity contribution < 1.29 is 17.9 Å². The molecular weight excluding hydrogens is 429 g/mol. The molecule has 1 fully saturated rings. The number of anilines is 2. The zero-order chi connectivity index (χ0) is 22.4. The van der Waals surface area contributed by atoms with Gasteiger partial charge in [0.2, 0.25) is 0 Å². The van der Waals surface area contributed by atoms with Crippen molar-refractivity contribution in [1.82, 2.24) is 5.53 Å². The molecule has 11 heteroatoms. The second-order valence-electron chi connectivity index (χ2n) is 6.97. The number of methoxy groups -OCH3 is 1. The third-order valence-electron chi connectivity index (χ3n) is 4.94. The number of rotatable bonds is 7. The van der Waals surface area contributed by atoms with E-state index in [0.29, 0.717) is 21.9 Å². The molecule has 31 heavy (non-hydrogen) atoms. The molecule has 0 aromatic heterocycles. The van der Waals surface area contributed by atoms with Crippen LogP contribution in [0.1, 0.15) is 30.4 Å². The van der Waals surface area contributed by atoms with Crippen LogP contribution >= 0.6 is 11.9 Å². The zero-order valence-corrected chi connectivity index (χ0v) is 17.8. The minimum Gasteiger partial charge on any atom is -0.495 e. The van der Waals surface area contributed by atoms with Gasteiger partial charge in [0, 0.05) is 18.7 Å². The summed E-state index contributed by atoms with van der Waals surface area (Å²) in [5.74, 6) is 5.84. The van der Waals surface area contributed by atoms with Gasteiger partial charge >= 0.3 is 6.18 Å². The number of hydrogen-bond donors (Lipinski definition) is 4. The zero-order valence-electron chi connectivity index (χ0n) is 17.0. The first kappa shape index (κ1) is 22.9. The Morgan fingerprint density at radius 1 is 1.13 bits per heavy atom. The quantitative estimate of drug-likeness (QED) is 0.165. The summed E-state index contributed by atoms with van der Waals surface area (Å²) in [7, 11) is 1.51. The highest BCUT2D eigenvalue weighted by Crippen LogP contribution is 2.39. The van der Waals surface area contributed by atoms with Crippen LogP contribution in [0.4, 0.5) is 24.5 Å². The lowest BCUT2D eigenvalue weighted by Crippen LogP contribution is -2.30. The van der Waals surface area contributed by atoms with Crippen molar-refractivity contribution >= 4 is 29.2 Å². The number of nitrogens with zero attached hydrogens (tertiary/aromatic N) is 2. The Hall–Kier alpha value is -2.79. The molecule has 0 atom stereocenters. The van der Waals surface area contributed by atoms with Crippen LogP contribution in [0.3, 0.4) is 0 Å². The molecule has 7 nitrogen and oxygen atoms in total. The van der Waals surface area contributed by atoms with E-state index in [0.717, 1.165) is 56.1 Å². The predicted octanol–water partition coefficient (Wildman–Crippen LogP) is 3.91. The van der Waals surface area contributed by atoms with Crippen molar-refractivity contribution in [1.29, 1.82) is 0 Å². The van der Waals surface area contributed by atoms with Crippen LogP contribution in [-0.4, -0.2) is 26.0 Å². The van der Waals surface area contributed by atoms with Gasteiger partial charge in [-0.05, 0) is 67.6 Å². The average molecular weight is 455 g/mol. The van der Waals surface area contributed by atoms with Crippen molar-refractivity contribution in [2.24, 2.45) is 16.7 Å². The first-order chi connectivity index (χ1) is 14.8. The molecule has 1 saturated heterocycles. The monoisotopic (exact) mass is 454 g/mol. The van der Waals surface area contributed by atoms with E-state index in [-0.39, 0.29) is 5.84 Å². The van der Waals surface area contributed by atoms with Crippen molar-refractivity contribution in [2.45, 2.75) is 30.3 Å². The topological polar surface area (TPSA) is 101 Å². The van der Waals surface area contributed by atoms with Gasteiger partial charge in [-0.2, -0.15) is 13.2 Å². The average Bonchev–Trinajstić information content (AvgIpc) is 2.77. The van der Waals surface area contributed by atoms with Crippen LogP contribution in [0, 0.1) is 0 Å². The van der Waals surface area contributed by atoms with E-state index in [2.05, 4.69) is 20.3 Å². The molecule has 0 aliphatic carbocycles. The summed E-state index contributed by atoms with van der Waals surface area (Å²) in [6.07, 6.45) is -1.26. The number of hydrazine groups is 1. The van der Waals surface area contributed by atoms with Crippen molar-refractivity contribution in [2.75, 3.05) is 29.8 Å². The molecule has 6 N–H and O–H groups in total. The van der Waals surface area contributed by atoms with E-state index in [4.69, 9.17) is 16.3 Å². The van der Waals surface area contributed by atoms with Gasteiger partial charge in [0.1, 0.15) is 5.75 Å². The molecule has 168 valence electrons. The van der Waals surface area contributed by atoms with Gasteiger partial charge in [-0.1, -0.05) is 0 Å². The molecule has 2 aromatic carbocycles. The number of piperidine rings is 1. The smallest absolute Gasteiger partial charge is 0.416 e. The standard InChI is InChI=1S/C20H25F3N6OS/c1-30-17-8-5-13(19(24)26-28-25)11-15(17)27-31-18-12-14(20(21,22)23)6-7-16(18)29-9-3-2-4-10-29/h5-8,11-12,27-28H,2-4,9-10,25H2,1H3,(H2,24,26). The number of hydrazone groups is 1. The summed E-state index contributed by atoms with van der Waals surface area (Å²) in [6, 6.07) is 8.93. The van der Waals surface area contributed by atoms with Crippen LogP contribution in [0.25, 0.3) is 0 Å². The Morgan fingerprint density at radius 3 is 2.52 bits per heavy atom. The highest BCUT2D eigenvalue weighted by molar-refractivity contribution is 8.00. The van der Waals surface area contributed by atoms with Crippen LogP contribution in [0.5, 0.6) is 5.75 Å². The number of halogens is 3. The number of hydrogen-bond acceptors (Lipinski definition) is 7. The number of alkyl halides is 3. The Morgan fingerprint density at radius 2 is 1.87 bits per heavy atom. The van der Waals surface area contributed by atoms with E-state index in [1.54, 1.807) is 24.3 Å². The molecule has 0 bridgehead atoms. The van der Waals surface area contributed by atoms with Crippen molar-refractivity contribution in [3.63, 3.8) is 0 Å². The number of nitrogens with one attached hydrogen (secondary N) is 2. The summed E-state index contributed by atoms with van der Waals surface area (Å²) >= 11 is 1.09. The molecule has 1 heterocycles. The van der Waals surface area contributed by atoms with E-state index < -0.39 is 11.7 Å². The van der Waals surface area contributed by atoms with Gasteiger partial charge < -0.3 is 20.1 Å². The Balaban J connectivity index is 1.92. The molecule has 0 unspecified atom stereocenters. The van der Waals surface area contributed by atoms with Gasteiger partial charge in [-0.25, -0.2) is 11.4 Å². The summed E-state index contributed by atoms with van der Waals surface area (Å²) in [5.41, 5.74) is 9.19. The van der Waals surface area contributed by atoms with Crippen molar-refractivity contribution in [3.8, 4) is 5.75 Å². The summed E-state index contributed by atoms with van der Waals surface area (Å²) < 4.78 is 48.5. The molecule has 0 spiro atoms. The Labute approximate surface area is 183 Å². The normalized spacial score (nSPS) is 15.0. The highest BCUT2D eigenvalue weighted by atomic mass is 32.2. The molecule has 0 amide bonds. The maximum absolute atomic E-state index is 13.3. The molecule has 1 aliphatic rings. The molecule has 2 aromatic rings. The van der Waals surface area contributed by atoms with Gasteiger partial charge in [-0.15, -0.1) is 5.10 Å². The second-order valence-corrected chi connectivity index (χ2v) is 7.82. The molecule has 0 saturated carbocycles. The van der Waals surface area contributed by atoms with Gasteiger partial charge in [0.25, 0.3) is 0 Å². The predicted molar refractivity (Wildman–Crippen MR) is 118 cm³/mol. The molecule has 3 rings (SSSR count). The summed E-state index contributed by atoms with van der Waals surface area (Å²) in [6.45, 7) is 1.63. The number of ether oxygens (including phenoxy) is 1. The minimum absolute atomic E-state index is 0.159. The number of benzene rings is 2. The lowest BCUT2D eigenvalue weighted by atomic mass is 10.1. The summed E-state index contributed by atoms with van der Waals surface area (Å²) in [5, 5.41) is 3.74. The van der Waals surface area contributed by atoms with E-state index in [1.807, 2.05) is 0 Å². The van der Waals surface area contributed by atoms with Crippen LogP contribution < -0.4 is 31.5 Å². The fourth-order valence-electron chi connectivity index (χ4n) is 3.36. The van der Waals surface area contributed by atoms with E-state index in [9.17, 15) is 13.2 Å². The Kier molecular flexibility index (Phi) is 7.39. The largest absolute Gasteiger partial charge is 0.495 e. The maximum atomic E-state index is 13.3. The highest BCUT2D eigenvalue weighted by Gasteiger charge is 2.31. The third kappa shape index (κ3) is 5.67. The maximum Gasteiger partial charge on any atom is 0.416 e. The fourth-order valence-corrected chi connectivity index (χ4v) is 4.23. The van der Waals surface area contributed by atoms with Gasteiger partial charge in [0.15, 0.2) is 5.84 Å². The Bertz CT molecular complexity index is 932. The van der Waals surface area contributed by atoms with Crippen LogP contribution in [0.15, 0.2) is 46.4 Å². The SMILES string of the molecule is COc1ccc(/C(N)=N/NN)cc1NSc1cc(C(F)(F)F)ccc1N1CCCCC1. The molecule has 0 radical (unpaired) electrons. The first-order valence-electron chi connectivity index (χ1n) is 9.69. The van der Waals surface area contributed by atoms with Gasteiger partial charge in [-0.3, -0.25) is 0 Å². The van der Waals surface area contributed by atoms with Crippen molar-refractivity contribution in [3.05, 3.63) is 47.5 Å². The number of nitrogens with two attached hydrogens (primary N) is 2. The van der Waals surface area contributed by atoms with E-state index in [1.165, 1.54) is 13.2 Å². The fraction of sp³-hybridized carbons (Fsp3) is 0.350. The number of amidine groups is 1. The van der Waals surface area contributed by atoms with Gasteiger partial charge in [0.05, 0.1) is 28.9 Å². The third-order valence-corrected chi connectivity index (χ3v) is 5.80. The lowest BCUT2D eigenvalue weighted by molar-refractivity contribution is -0.137. The molecule has 1 aliphatic heterocycles. The summed E-state index contributed by atoms with van der Waals surface area (Å²) in [4.78, 5) is 2.60. The first-order valence-corrected chi connectivity index (χ1v) is 10.5. The molecular formula is C20H25F3N6OS. The second kappa shape index (κ2) is 10.0. The van der Waals surface area contributed by atoms with Crippen LogP contribution in [0.2, 0.25) is 0 Å².